The highest BCUT2D eigenvalue weighted by atomic mass is 32.1. The number of thiazole rings is 1. The Morgan fingerprint density at radius 3 is 2.76 bits per heavy atom. The molecule has 1 atom stereocenters. The fourth-order valence-corrected chi connectivity index (χ4v) is 3.76. The van der Waals surface area contributed by atoms with E-state index < -0.39 is 6.10 Å². The molecule has 3 rings (SSSR count). The quantitative estimate of drug-likeness (QED) is 0.824. The highest BCUT2D eigenvalue weighted by Gasteiger charge is 2.25. The third-order valence-electron chi connectivity index (χ3n) is 4.24. The number of aromatic nitrogens is 1. The zero-order valence-corrected chi connectivity index (χ0v) is 15.2. The highest BCUT2D eigenvalue weighted by molar-refractivity contribution is 7.10. The smallest absolute Gasteiger partial charge is 0.239 e. The standard InChI is InChI=1S/C18H24N4O2S/c1-14(23)22(21-11-9-19-10-12-21)17-13-25-18(20-17)16(24)8-7-15-5-3-2-4-6-15/h2-6,13,16,19,24H,7-12H2,1H3. The van der Waals surface area contributed by atoms with E-state index in [9.17, 15) is 9.90 Å². The fraction of sp³-hybridized carbons (Fsp3) is 0.444. The number of amides is 1. The van der Waals surface area contributed by atoms with Crippen molar-refractivity contribution in [2.24, 2.45) is 0 Å². The summed E-state index contributed by atoms with van der Waals surface area (Å²) in [7, 11) is 0. The minimum atomic E-state index is -0.615. The number of nitrogens with zero attached hydrogens (tertiary/aromatic N) is 3. The van der Waals surface area contributed by atoms with Crippen molar-refractivity contribution in [1.29, 1.82) is 0 Å². The van der Waals surface area contributed by atoms with Gasteiger partial charge in [-0.15, -0.1) is 11.3 Å². The molecule has 1 amide bonds. The lowest BCUT2D eigenvalue weighted by Gasteiger charge is -2.35. The van der Waals surface area contributed by atoms with Crippen molar-refractivity contribution in [3.05, 3.63) is 46.3 Å². The van der Waals surface area contributed by atoms with Crippen LogP contribution in [0, 0.1) is 0 Å². The molecule has 2 heterocycles. The third-order valence-corrected chi connectivity index (χ3v) is 5.17. The Kier molecular flexibility index (Phi) is 6.14. The van der Waals surface area contributed by atoms with Gasteiger partial charge in [-0.05, 0) is 18.4 Å². The summed E-state index contributed by atoms with van der Waals surface area (Å²) in [4.78, 5) is 16.6. The number of carbonyl (C=O) groups is 1. The number of aliphatic hydroxyl groups is 1. The number of aryl methyl sites for hydroxylation is 1. The van der Waals surface area contributed by atoms with Crippen LogP contribution in [0.3, 0.4) is 0 Å². The molecule has 0 saturated carbocycles. The van der Waals surface area contributed by atoms with Gasteiger partial charge in [0.1, 0.15) is 11.1 Å². The zero-order chi connectivity index (χ0) is 17.6. The second-order valence-corrected chi connectivity index (χ2v) is 7.01. The first-order valence-corrected chi connectivity index (χ1v) is 9.47. The van der Waals surface area contributed by atoms with E-state index in [0.29, 0.717) is 17.2 Å². The van der Waals surface area contributed by atoms with Crippen molar-refractivity contribution < 1.29 is 9.90 Å². The summed E-state index contributed by atoms with van der Waals surface area (Å²) in [5.41, 5.74) is 1.20. The average Bonchev–Trinajstić information content (AvgIpc) is 3.11. The molecule has 1 aromatic heterocycles. The van der Waals surface area contributed by atoms with Crippen molar-refractivity contribution in [3.63, 3.8) is 0 Å². The lowest BCUT2D eigenvalue weighted by Crippen LogP contribution is -2.54. The van der Waals surface area contributed by atoms with E-state index in [4.69, 9.17) is 0 Å². The monoisotopic (exact) mass is 360 g/mol. The topological polar surface area (TPSA) is 68.7 Å². The van der Waals surface area contributed by atoms with Gasteiger partial charge in [-0.25, -0.2) is 15.0 Å². The molecule has 1 aliphatic heterocycles. The summed E-state index contributed by atoms with van der Waals surface area (Å²) < 4.78 is 0. The van der Waals surface area contributed by atoms with Crippen molar-refractivity contribution in [3.8, 4) is 0 Å². The molecule has 0 bridgehead atoms. The summed E-state index contributed by atoms with van der Waals surface area (Å²) in [6.07, 6.45) is 0.797. The van der Waals surface area contributed by atoms with Gasteiger partial charge >= 0.3 is 0 Å². The Bertz CT molecular complexity index is 685. The summed E-state index contributed by atoms with van der Waals surface area (Å²) in [5.74, 6) is 0.547. The van der Waals surface area contributed by atoms with Gasteiger partial charge in [0.05, 0.1) is 0 Å². The first-order valence-electron chi connectivity index (χ1n) is 8.59. The van der Waals surface area contributed by atoms with Crippen LogP contribution in [0.2, 0.25) is 0 Å². The van der Waals surface area contributed by atoms with E-state index >= 15 is 0 Å². The van der Waals surface area contributed by atoms with Gasteiger partial charge < -0.3 is 10.4 Å². The van der Waals surface area contributed by atoms with Gasteiger partial charge in [0.25, 0.3) is 0 Å². The SMILES string of the molecule is CC(=O)N(c1csc(C(O)CCc2ccccc2)n1)N1CCNCC1. The van der Waals surface area contributed by atoms with Crippen LogP contribution in [0.25, 0.3) is 0 Å². The maximum absolute atomic E-state index is 12.1. The number of hydrogen-bond donors (Lipinski definition) is 2. The van der Waals surface area contributed by atoms with Crippen molar-refractivity contribution in [1.82, 2.24) is 15.3 Å². The van der Waals surface area contributed by atoms with Crippen LogP contribution in [0.4, 0.5) is 5.82 Å². The number of piperazine rings is 1. The van der Waals surface area contributed by atoms with Crippen LogP contribution in [0.15, 0.2) is 35.7 Å². The molecule has 6 nitrogen and oxygen atoms in total. The van der Waals surface area contributed by atoms with Gasteiger partial charge in [0.2, 0.25) is 5.91 Å². The number of hydrazine groups is 1. The van der Waals surface area contributed by atoms with Crippen LogP contribution in [-0.4, -0.2) is 47.2 Å². The van der Waals surface area contributed by atoms with Gasteiger partial charge in [-0.2, -0.15) is 0 Å². The summed E-state index contributed by atoms with van der Waals surface area (Å²) in [6, 6.07) is 10.1. The Morgan fingerprint density at radius 1 is 1.36 bits per heavy atom. The number of benzene rings is 1. The van der Waals surface area contributed by atoms with E-state index in [-0.39, 0.29) is 5.91 Å². The number of rotatable bonds is 6. The molecule has 7 heteroatoms. The molecule has 2 N–H and O–H groups in total. The maximum Gasteiger partial charge on any atom is 0.239 e. The number of hydrogen-bond acceptors (Lipinski definition) is 6. The van der Waals surface area contributed by atoms with Crippen molar-refractivity contribution >= 4 is 23.1 Å². The molecule has 1 aliphatic rings. The fourth-order valence-electron chi connectivity index (χ4n) is 2.96. The van der Waals surface area contributed by atoms with Crippen molar-refractivity contribution in [2.75, 3.05) is 31.2 Å². The highest BCUT2D eigenvalue weighted by Crippen LogP contribution is 2.27. The Morgan fingerprint density at radius 2 is 2.08 bits per heavy atom. The van der Waals surface area contributed by atoms with E-state index in [1.165, 1.54) is 16.9 Å². The molecule has 1 unspecified atom stereocenters. The van der Waals surface area contributed by atoms with E-state index in [2.05, 4.69) is 22.4 Å². The average molecular weight is 360 g/mol. The number of anilines is 1. The molecule has 25 heavy (non-hydrogen) atoms. The molecule has 0 spiro atoms. The molecule has 0 radical (unpaired) electrons. The van der Waals surface area contributed by atoms with Crippen LogP contribution < -0.4 is 10.3 Å². The Balaban J connectivity index is 1.66. The molecule has 1 saturated heterocycles. The first-order chi connectivity index (χ1) is 12.1. The summed E-state index contributed by atoms with van der Waals surface area (Å²) >= 11 is 1.41. The van der Waals surface area contributed by atoms with Gasteiger partial charge in [-0.3, -0.25) is 4.79 Å². The van der Waals surface area contributed by atoms with Crippen LogP contribution in [0.1, 0.15) is 30.0 Å². The van der Waals surface area contributed by atoms with Gasteiger partial charge in [0, 0.05) is 38.5 Å². The molecule has 1 aromatic carbocycles. The van der Waals surface area contributed by atoms with Crippen LogP contribution >= 0.6 is 11.3 Å². The second kappa shape index (κ2) is 8.53. The molecule has 2 aromatic rings. The second-order valence-electron chi connectivity index (χ2n) is 6.12. The van der Waals surface area contributed by atoms with Gasteiger partial charge in [0.15, 0.2) is 5.82 Å². The normalized spacial score (nSPS) is 16.6. The predicted molar refractivity (Wildman–Crippen MR) is 99.4 cm³/mol. The minimum Gasteiger partial charge on any atom is -0.386 e. The van der Waals surface area contributed by atoms with Crippen LogP contribution in [0.5, 0.6) is 0 Å². The van der Waals surface area contributed by atoms with Gasteiger partial charge in [-0.1, -0.05) is 30.3 Å². The number of aliphatic hydroxyl groups excluding tert-OH is 1. The predicted octanol–water partition coefficient (Wildman–Crippen LogP) is 1.98. The summed E-state index contributed by atoms with van der Waals surface area (Å²) in [6.45, 7) is 4.78. The lowest BCUT2D eigenvalue weighted by atomic mass is 10.1. The third kappa shape index (κ3) is 4.64. The largest absolute Gasteiger partial charge is 0.386 e. The molecular formula is C18H24N4O2S. The van der Waals surface area contributed by atoms with E-state index in [0.717, 1.165) is 32.6 Å². The molecule has 1 fully saturated rings. The lowest BCUT2D eigenvalue weighted by molar-refractivity contribution is -0.119. The first kappa shape index (κ1) is 18.0. The number of carbonyl (C=O) groups excluding carboxylic acids is 1. The van der Waals surface area contributed by atoms with Crippen molar-refractivity contribution in [2.45, 2.75) is 25.9 Å². The maximum atomic E-state index is 12.1. The molecular weight excluding hydrogens is 336 g/mol. The zero-order valence-electron chi connectivity index (χ0n) is 14.4. The Labute approximate surface area is 152 Å². The molecule has 0 aliphatic carbocycles. The Hall–Kier alpha value is -1.80. The van der Waals surface area contributed by atoms with E-state index in [1.807, 2.05) is 28.6 Å². The van der Waals surface area contributed by atoms with Crippen LogP contribution in [-0.2, 0) is 11.2 Å². The molecule has 134 valence electrons. The van der Waals surface area contributed by atoms with E-state index in [1.54, 1.807) is 11.9 Å². The summed E-state index contributed by atoms with van der Waals surface area (Å²) in [5, 5.41) is 19.9. The minimum absolute atomic E-state index is 0.0578. The number of nitrogens with one attached hydrogen (secondary N) is 1.